The van der Waals surface area contributed by atoms with Crippen LogP contribution in [0.2, 0.25) is 0 Å². The van der Waals surface area contributed by atoms with Crippen LogP contribution in [0.25, 0.3) is 0 Å². The van der Waals surface area contributed by atoms with Crippen LogP contribution in [0.1, 0.15) is 46.0 Å². The second-order valence-corrected chi connectivity index (χ2v) is 4.03. The maximum Gasteiger partial charge on any atom is 0.166 e. The Morgan fingerprint density at radius 3 is 2.73 bits per heavy atom. The van der Waals surface area contributed by atoms with Crippen molar-refractivity contribution in [3.63, 3.8) is 0 Å². The molecule has 15 heavy (non-hydrogen) atoms. The molecule has 0 aromatic heterocycles. The van der Waals surface area contributed by atoms with Crippen LogP contribution in [-0.2, 0) is 6.42 Å². The molecule has 0 amide bonds. The predicted molar refractivity (Wildman–Crippen MR) is 58.3 cm³/mol. The number of carbonyl (C=O) groups is 2. The molecule has 0 heterocycles. The molecule has 1 aliphatic rings. The van der Waals surface area contributed by atoms with E-state index in [1.165, 1.54) is 0 Å². The minimum Gasteiger partial charge on any atom is -0.298 e. The third-order valence-electron chi connectivity index (χ3n) is 2.86. The highest BCUT2D eigenvalue weighted by atomic mass is 16.1. The molecule has 1 aromatic carbocycles. The van der Waals surface area contributed by atoms with E-state index in [0.29, 0.717) is 5.56 Å². The van der Waals surface area contributed by atoms with Gasteiger partial charge in [0.25, 0.3) is 0 Å². The van der Waals surface area contributed by atoms with Crippen molar-refractivity contribution in [1.82, 2.24) is 0 Å². The van der Waals surface area contributed by atoms with Crippen molar-refractivity contribution in [3.8, 4) is 0 Å². The minimum atomic E-state index is 0.248. The highest BCUT2D eigenvalue weighted by Crippen LogP contribution is 2.33. The lowest BCUT2D eigenvalue weighted by atomic mass is 9.97. The lowest BCUT2D eigenvalue weighted by Crippen LogP contribution is -2.05. The lowest BCUT2D eigenvalue weighted by Gasteiger charge is -2.06. The summed E-state index contributed by atoms with van der Waals surface area (Å²) in [5.74, 6) is 0.502. The molecular weight excluding hydrogens is 188 g/mol. The van der Waals surface area contributed by atoms with E-state index >= 15 is 0 Å². The molecule has 0 spiro atoms. The molecule has 0 radical (unpaired) electrons. The summed E-state index contributed by atoms with van der Waals surface area (Å²) in [6.07, 6.45) is 3.68. The fourth-order valence-electron chi connectivity index (χ4n) is 1.79. The average molecular weight is 202 g/mol. The maximum atomic E-state index is 11.9. The molecule has 0 saturated heterocycles. The average Bonchev–Trinajstić information content (AvgIpc) is 3.11. The Labute approximate surface area is 89.3 Å². The summed E-state index contributed by atoms with van der Waals surface area (Å²) in [6.45, 7) is 2.01. The van der Waals surface area contributed by atoms with Crippen molar-refractivity contribution < 1.29 is 9.59 Å². The SMILES string of the molecule is CCc1cc(C=O)ccc1C(=O)C1CC1. The predicted octanol–water partition coefficient (Wildman–Crippen LogP) is 2.65. The van der Waals surface area contributed by atoms with Gasteiger partial charge < -0.3 is 0 Å². The summed E-state index contributed by atoms with van der Waals surface area (Å²) in [5.41, 5.74) is 2.46. The number of aldehydes is 1. The van der Waals surface area contributed by atoms with Crippen LogP contribution in [0.4, 0.5) is 0 Å². The van der Waals surface area contributed by atoms with Gasteiger partial charge in [-0.15, -0.1) is 0 Å². The van der Waals surface area contributed by atoms with E-state index in [0.717, 1.165) is 36.7 Å². The van der Waals surface area contributed by atoms with Crippen LogP contribution in [0, 0.1) is 5.92 Å². The first-order chi connectivity index (χ1) is 7.26. The normalized spacial score (nSPS) is 15.0. The molecule has 2 rings (SSSR count). The number of hydrogen-bond donors (Lipinski definition) is 0. The van der Waals surface area contributed by atoms with E-state index in [4.69, 9.17) is 0 Å². The van der Waals surface area contributed by atoms with E-state index in [-0.39, 0.29) is 11.7 Å². The molecule has 0 atom stereocenters. The number of Topliss-reactive ketones (excluding diaryl/α,β-unsaturated/α-hetero) is 1. The van der Waals surface area contributed by atoms with Crippen LogP contribution >= 0.6 is 0 Å². The van der Waals surface area contributed by atoms with Crippen molar-refractivity contribution in [3.05, 3.63) is 34.9 Å². The number of aryl methyl sites for hydroxylation is 1. The molecule has 78 valence electrons. The summed E-state index contributed by atoms with van der Waals surface area (Å²) < 4.78 is 0. The van der Waals surface area contributed by atoms with Crippen LogP contribution in [0.5, 0.6) is 0 Å². The van der Waals surface area contributed by atoms with Crippen molar-refractivity contribution in [1.29, 1.82) is 0 Å². The Balaban J connectivity index is 2.37. The molecule has 1 fully saturated rings. The first kappa shape index (κ1) is 10.1. The molecule has 1 saturated carbocycles. The zero-order valence-electron chi connectivity index (χ0n) is 8.82. The van der Waals surface area contributed by atoms with E-state index in [1.54, 1.807) is 12.1 Å². The van der Waals surface area contributed by atoms with Gasteiger partial charge in [-0.1, -0.05) is 19.1 Å². The van der Waals surface area contributed by atoms with E-state index in [9.17, 15) is 9.59 Å². The van der Waals surface area contributed by atoms with Gasteiger partial charge >= 0.3 is 0 Å². The molecule has 0 N–H and O–H groups in total. The topological polar surface area (TPSA) is 34.1 Å². The van der Waals surface area contributed by atoms with Gasteiger partial charge in [-0.05, 0) is 30.9 Å². The van der Waals surface area contributed by atoms with Gasteiger partial charge in [-0.25, -0.2) is 0 Å². The Morgan fingerprint density at radius 2 is 2.20 bits per heavy atom. The van der Waals surface area contributed by atoms with Crippen molar-refractivity contribution >= 4 is 12.1 Å². The first-order valence-electron chi connectivity index (χ1n) is 5.38. The smallest absolute Gasteiger partial charge is 0.166 e. The van der Waals surface area contributed by atoms with Gasteiger partial charge in [0.15, 0.2) is 5.78 Å². The standard InChI is InChI=1S/C13H14O2/c1-2-10-7-9(8-14)3-6-12(10)13(15)11-4-5-11/h3,6-8,11H,2,4-5H2,1H3. The van der Waals surface area contributed by atoms with Gasteiger partial charge in [0.2, 0.25) is 0 Å². The molecular formula is C13H14O2. The second kappa shape index (κ2) is 3.97. The second-order valence-electron chi connectivity index (χ2n) is 4.03. The number of ketones is 1. The quantitative estimate of drug-likeness (QED) is 0.555. The molecule has 2 nitrogen and oxygen atoms in total. The Morgan fingerprint density at radius 1 is 1.47 bits per heavy atom. The fourth-order valence-corrected chi connectivity index (χ4v) is 1.79. The van der Waals surface area contributed by atoms with Gasteiger partial charge in [-0.3, -0.25) is 9.59 Å². The zero-order chi connectivity index (χ0) is 10.8. The van der Waals surface area contributed by atoms with Crippen molar-refractivity contribution in [2.75, 3.05) is 0 Å². The summed E-state index contributed by atoms with van der Waals surface area (Å²) in [6, 6.07) is 5.34. The van der Waals surface area contributed by atoms with Crippen LogP contribution in [0.15, 0.2) is 18.2 Å². The maximum absolute atomic E-state index is 11.9. The summed E-state index contributed by atoms with van der Waals surface area (Å²) in [4.78, 5) is 22.5. The first-order valence-corrected chi connectivity index (χ1v) is 5.38. The van der Waals surface area contributed by atoms with Gasteiger partial charge in [0.05, 0.1) is 0 Å². The van der Waals surface area contributed by atoms with Crippen molar-refractivity contribution in [2.24, 2.45) is 5.92 Å². The summed E-state index contributed by atoms with van der Waals surface area (Å²) in [5, 5.41) is 0. The monoisotopic (exact) mass is 202 g/mol. The van der Waals surface area contributed by atoms with Gasteiger partial charge in [-0.2, -0.15) is 0 Å². The van der Waals surface area contributed by atoms with Gasteiger partial charge in [0.1, 0.15) is 6.29 Å². The highest BCUT2D eigenvalue weighted by Gasteiger charge is 2.31. The number of carbonyl (C=O) groups excluding carboxylic acids is 2. The molecule has 0 bridgehead atoms. The van der Waals surface area contributed by atoms with Crippen LogP contribution in [0.3, 0.4) is 0 Å². The molecule has 0 aliphatic heterocycles. The Hall–Kier alpha value is -1.44. The number of hydrogen-bond acceptors (Lipinski definition) is 2. The molecule has 2 heteroatoms. The highest BCUT2D eigenvalue weighted by molar-refractivity contribution is 6.01. The van der Waals surface area contributed by atoms with Crippen LogP contribution < -0.4 is 0 Å². The zero-order valence-corrected chi connectivity index (χ0v) is 8.82. The van der Waals surface area contributed by atoms with Crippen molar-refractivity contribution in [2.45, 2.75) is 26.2 Å². The molecule has 0 unspecified atom stereocenters. The van der Waals surface area contributed by atoms with E-state index in [2.05, 4.69) is 0 Å². The molecule has 1 aromatic rings. The largest absolute Gasteiger partial charge is 0.298 e. The Bertz CT molecular complexity index is 403. The minimum absolute atomic E-state index is 0.248. The Kier molecular flexibility index (Phi) is 2.67. The number of rotatable bonds is 4. The fraction of sp³-hybridized carbons (Fsp3) is 0.385. The number of benzene rings is 1. The third kappa shape index (κ3) is 1.99. The van der Waals surface area contributed by atoms with E-state index in [1.807, 2.05) is 13.0 Å². The molecule has 1 aliphatic carbocycles. The van der Waals surface area contributed by atoms with E-state index < -0.39 is 0 Å². The summed E-state index contributed by atoms with van der Waals surface area (Å²) >= 11 is 0. The third-order valence-corrected chi connectivity index (χ3v) is 2.86. The van der Waals surface area contributed by atoms with Gasteiger partial charge in [0, 0.05) is 17.0 Å². The lowest BCUT2D eigenvalue weighted by molar-refractivity contribution is 0.0966. The summed E-state index contributed by atoms with van der Waals surface area (Å²) in [7, 11) is 0. The van der Waals surface area contributed by atoms with Crippen LogP contribution in [-0.4, -0.2) is 12.1 Å².